The lowest BCUT2D eigenvalue weighted by atomic mass is 10.1. The van der Waals surface area contributed by atoms with Crippen molar-refractivity contribution in [2.24, 2.45) is 0 Å². The van der Waals surface area contributed by atoms with E-state index >= 15 is 0 Å². The van der Waals surface area contributed by atoms with Gasteiger partial charge in [-0.3, -0.25) is 4.79 Å². The maximum Gasteiger partial charge on any atom is 0.253 e. The second-order valence-corrected chi connectivity index (χ2v) is 6.73. The third-order valence-electron chi connectivity index (χ3n) is 4.08. The Hall–Kier alpha value is -1.86. The van der Waals surface area contributed by atoms with Crippen LogP contribution in [0, 0.1) is 0 Å². The van der Waals surface area contributed by atoms with Crippen LogP contribution in [-0.2, 0) is 17.0 Å². The predicted molar refractivity (Wildman–Crippen MR) is 93.0 cm³/mol. The van der Waals surface area contributed by atoms with E-state index in [9.17, 15) is 4.79 Å². The molecule has 0 N–H and O–H groups in total. The van der Waals surface area contributed by atoms with Crippen LogP contribution in [0.25, 0.3) is 0 Å². The molecule has 1 amide bonds. The number of hydrogen-bond donors (Lipinski definition) is 0. The maximum absolute atomic E-state index is 12.3. The Bertz CT molecular complexity index is 665. The number of rotatable bonds is 7. The van der Waals surface area contributed by atoms with Gasteiger partial charge in [-0.2, -0.15) is 0 Å². The Morgan fingerprint density at radius 3 is 2.71 bits per heavy atom. The molecule has 0 atom stereocenters. The molecule has 0 radical (unpaired) electrons. The van der Waals surface area contributed by atoms with Gasteiger partial charge in [-0.15, -0.1) is 10.2 Å². The second kappa shape index (κ2) is 8.30. The molecule has 0 aliphatic carbocycles. The van der Waals surface area contributed by atoms with Crippen molar-refractivity contribution in [2.45, 2.75) is 30.3 Å². The summed E-state index contributed by atoms with van der Waals surface area (Å²) >= 11 is 1.64. The first-order valence-electron chi connectivity index (χ1n) is 8.15. The van der Waals surface area contributed by atoms with Crippen LogP contribution < -0.4 is 0 Å². The fraction of sp³-hybridized carbons (Fsp3) is 0.471. The summed E-state index contributed by atoms with van der Waals surface area (Å²) in [5.41, 5.74) is 1.94. The van der Waals surface area contributed by atoms with Crippen LogP contribution in [0.1, 0.15) is 28.8 Å². The van der Waals surface area contributed by atoms with E-state index < -0.39 is 0 Å². The minimum absolute atomic E-state index is 0.144. The molecule has 2 heterocycles. The molecule has 3 rings (SSSR count). The largest absolute Gasteiger partial charge is 0.383 e. The molecule has 7 heteroatoms. The summed E-state index contributed by atoms with van der Waals surface area (Å²) in [6.45, 7) is 3.15. The lowest BCUT2D eigenvalue weighted by Crippen LogP contribution is -2.27. The van der Waals surface area contributed by atoms with Gasteiger partial charge in [-0.1, -0.05) is 23.9 Å². The minimum Gasteiger partial charge on any atom is -0.383 e. The first-order chi connectivity index (χ1) is 11.8. The Morgan fingerprint density at radius 1 is 1.25 bits per heavy atom. The highest BCUT2D eigenvalue weighted by atomic mass is 32.2. The van der Waals surface area contributed by atoms with E-state index in [4.69, 9.17) is 4.74 Å². The Morgan fingerprint density at radius 2 is 2.00 bits per heavy atom. The van der Waals surface area contributed by atoms with Crippen LogP contribution in [0.2, 0.25) is 0 Å². The van der Waals surface area contributed by atoms with Gasteiger partial charge in [0.25, 0.3) is 5.91 Å². The number of hydrogen-bond acceptors (Lipinski definition) is 5. The summed E-state index contributed by atoms with van der Waals surface area (Å²) in [5.74, 6) is 0.940. The van der Waals surface area contributed by atoms with E-state index in [2.05, 4.69) is 10.2 Å². The molecule has 128 valence electrons. The zero-order valence-electron chi connectivity index (χ0n) is 13.9. The topological polar surface area (TPSA) is 60.2 Å². The molecule has 0 unspecified atom stereocenters. The molecule has 6 nitrogen and oxygen atoms in total. The van der Waals surface area contributed by atoms with Gasteiger partial charge >= 0.3 is 0 Å². The quantitative estimate of drug-likeness (QED) is 0.721. The summed E-state index contributed by atoms with van der Waals surface area (Å²) in [6.07, 6.45) is 3.95. The third kappa shape index (κ3) is 4.15. The summed E-state index contributed by atoms with van der Waals surface area (Å²) in [6, 6.07) is 7.89. The van der Waals surface area contributed by atoms with Gasteiger partial charge < -0.3 is 14.2 Å². The SMILES string of the molecule is COCCn1cnnc1SCc1ccc(C(=O)N2CCCC2)cc1. The fourth-order valence-corrected chi connectivity index (χ4v) is 3.59. The van der Waals surface area contributed by atoms with Crippen molar-refractivity contribution in [3.05, 3.63) is 41.7 Å². The molecule has 1 aliphatic heterocycles. The lowest BCUT2D eigenvalue weighted by Gasteiger charge is -2.15. The molecule has 0 bridgehead atoms. The Labute approximate surface area is 146 Å². The highest BCUT2D eigenvalue weighted by Crippen LogP contribution is 2.21. The zero-order chi connectivity index (χ0) is 16.8. The monoisotopic (exact) mass is 346 g/mol. The van der Waals surface area contributed by atoms with Crippen LogP contribution in [0.5, 0.6) is 0 Å². The third-order valence-corrected chi connectivity index (χ3v) is 5.13. The van der Waals surface area contributed by atoms with E-state index in [0.717, 1.165) is 48.9 Å². The number of methoxy groups -OCH3 is 1. The normalized spacial score (nSPS) is 14.3. The predicted octanol–water partition coefficient (Wildman–Crippen LogP) is 2.45. The van der Waals surface area contributed by atoms with Gasteiger partial charge in [0.1, 0.15) is 6.33 Å². The van der Waals surface area contributed by atoms with Crippen LogP contribution in [0.4, 0.5) is 0 Å². The van der Waals surface area contributed by atoms with Gasteiger partial charge in [0.05, 0.1) is 6.61 Å². The van der Waals surface area contributed by atoms with Crippen molar-refractivity contribution < 1.29 is 9.53 Å². The van der Waals surface area contributed by atoms with Crippen LogP contribution in [0.15, 0.2) is 35.7 Å². The van der Waals surface area contributed by atoms with Gasteiger partial charge in [-0.05, 0) is 30.5 Å². The molecule has 1 fully saturated rings. The summed E-state index contributed by atoms with van der Waals surface area (Å²) in [4.78, 5) is 14.3. The van der Waals surface area contributed by atoms with Gasteiger partial charge in [0, 0.05) is 38.1 Å². The smallest absolute Gasteiger partial charge is 0.253 e. The molecule has 1 saturated heterocycles. The molecule has 0 saturated carbocycles. The number of likely N-dealkylation sites (tertiary alicyclic amines) is 1. The molecular weight excluding hydrogens is 324 g/mol. The van der Waals surface area contributed by atoms with E-state index in [0.29, 0.717) is 6.61 Å². The van der Waals surface area contributed by atoms with Crippen LogP contribution in [0.3, 0.4) is 0 Å². The Kier molecular flexibility index (Phi) is 5.87. The van der Waals surface area contributed by atoms with Crippen molar-refractivity contribution >= 4 is 17.7 Å². The molecule has 1 aromatic heterocycles. The van der Waals surface area contributed by atoms with Crippen molar-refractivity contribution in [3.8, 4) is 0 Å². The highest BCUT2D eigenvalue weighted by Gasteiger charge is 2.19. The van der Waals surface area contributed by atoms with E-state index in [-0.39, 0.29) is 5.91 Å². The highest BCUT2D eigenvalue weighted by molar-refractivity contribution is 7.98. The van der Waals surface area contributed by atoms with E-state index in [1.54, 1.807) is 25.2 Å². The molecule has 2 aromatic rings. The molecule has 1 aliphatic rings. The van der Waals surface area contributed by atoms with Crippen LogP contribution in [-0.4, -0.2) is 52.4 Å². The van der Waals surface area contributed by atoms with Gasteiger partial charge in [0.2, 0.25) is 0 Å². The zero-order valence-corrected chi connectivity index (χ0v) is 14.7. The summed E-state index contributed by atoms with van der Waals surface area (Å²) < 4.78 is 7.07. The fourth-order valence-electron chi connectivity index (χ4n) is 2.69. The minimum atomic E-state index is 0.144. The van der Waals surface area contributed by atoms with Gasteiger partial charge in [0.15, 0.2) is 5.16 Å². The number of carbonyl (C=O) groups is 1. The standard InChI is InChI=1S/C17H22N4O2S/c1-23-11-10-21-13-18-19-17(21)24-12-14-4-6-15(7-5-14)16(22)20-8-2-3-9-20/h4-7,13H,2-3,8-12H2,1H3. The number of aromatic nitrogens is 3. The van der Waals surface area contributed by atoms with Crippen molar-refractivity contribution in [3.63, 3.8) is 0 Å². The average molecular weight is 346 g/mol. The number of amides is 1. The number of benzene rings is 1. The number of thioether (sulfide) groups is 1. The van der Waals surface area contributed by atoms with Crippen molar-refractivity contribution in [2.75, 3.05) is 26.8 Å². The van der Waals surface area contributed by atoms with E-state index in [1.807, 2.05) is 33.7 Å². The second-order valence-electron chi connectivity index (χ2n) is 5.78. The van der Waals surface area contributed by atoms with E-state index in [1.165, 1.54) is 5.56 Å². The van der Waals surface area contributed by atoms with Gasteiger partial charge in [-0.25, -0.2) is 0 Å². The summed E-state index contributed by atoms with van der Waals surface area (Å²) in [7, 11) is 1.68. The van der Waals surface area contributed by atoms with Crippen molar-refractivity contribution in [1.29, 1.82) is 0 Å². The maximum atomic E-state index is 12.3. The molecular formula is C17H22N4O2S. The first kappa shape index (κ1) is 17.0. The first-order valence-corrected chi connectivity index (χ1v) is 9.14. The number of nitrogens with zero attached hydrogens (tertiary/aromatic N) is 4. The van der Waals surface area contributed by atoms with Crippen LogP contribution >= 0.6 is 11.8 Å². The average Bonchev–Trinajstić information content (AvgIpc) is 3.29. The number of ether oxygens (including phenoxy) is 1. The molecule has 0 spiro atoms. The lowest BCUT2D eigenvalue weighted by molar-refractivity contribution is 0.0793. The number of carbonyl (C=O) groups excluding carboxylic acids is 1. The molecule has 1 aromatic carbocycles. The van der Waals surface area contributed by atoms with Crippen molar-refractivity contribution in [1.82, 2.24) is 19.7 Å². The molecule has 24 heavy (non-hydrogen) atoms. The summed E-state index contributed by atoms with van der Waals surface area (Å²) in [5, 5.41) is 8.98. The Balaban J connectivity index is 1.56.